The van der Waals surface area contributed by atoms with Crippen LogP contribution in [0.5, 0.6) is 0 Å². The number of aliphatic carboxylic acids is 1. The molecule has 1 aliphatic carbocycles. The largest absolute Gasteiger partial charge is 0.481 e. The Morgan fingerprint density at radius 3 is 2.26 bits per heavy atom. The van der Waals surface area contributed by atoms with E-state index in [1.54, 1.807) is 0 Å². The van der Waals surface area contributed by atoms with Crippen molar-refractivity contribution < 1.29 is 24.2 Å². The molecule has 5 rings (SSSR count). The van der Waals surface area contributed by atoms with Crippen LogP contribution >= 0.6 is 0 Å². The van der Waals surface area contributed by atoms with Gasteiger partial charge in [-0.05, 0) is 35.1 Å². The second kappa shape index (κ2) is 8.97. The average Bonchev–Trinajstić information content (AvgIpc) is 3.45. The van der Waals surface area contributed by atoms with E-state index in [-0.39, 0.29) is 24.3 Å². The van der Waals surface area contributed by atoms with Crippen LogP contribution in [0.1, 0.15) is 40.5 Å². The number of carboxylic acids is 1. The number of amides is 2. The van der Waals surface area contributed by atoms with Gasteiger partial charge in [-0.2, -0.15) is 4.98 Å². The highest BCUT2D eigenvalue weighted by molar-refractivity contribution is 5.91. The van der Waals surface area contributed by atoms with E-state index >= 15 is 0 Å². The predicted octanol–water partition coefficient (Wildman–Crippen LogP) is 3.10. The van der Waals surface area contributed by atoms with Crippen molar-refractivity contribution in [1.29, 1.82) is 0 Å². The number of rotatable bonds is 5. The van der Waals surface area contributed by atoms with Gasteiger partial charge in [0, 0.05) is 19.0 Å². The molecule has 10 heteroatoms. The zero-order valence-corrected chi connectivity index (χ0v) is 18.2. The second-order valence-corrected chi connectivity index (χ2v) is 8.36. The van der Waals surface area contributed by atoms with Gasteiger partial charge in [-0.1, -0.05) is 48.5 Å². The van der Waals surface area contributed by atoms with Crippen molar-refractivity contribution in [2.45, 2.75) is 18.8 Å². The standard InChI is InChI=1S/C24H23N5O5/c30-21(29-11-9-14(10-12-29)22(31)32)20-25-23(28-27-20)26-24(33)34-13-19-17-7-3-1-5-15(17)16-6-2-4-8-18(16)19/h1-8,14,19H,9-13H2,(H,31,32)(H2,25,26,27,28,33). The van der Waals surface area contributed by atoms with Gasteiger partial charge in [0.1, 0.15) is 6.61 Å². The molecule has 1 aliphatic heterocycles. The maximum absolute atomic E-state index is 12.6. The fourth-order valence-electron chi connectivity index (χ4n) is 4.62. The van der Waals surface area contributed by atoms with Crippen LogP contribution in [0.15, 0.2) is 48.5 Å². The Bertz CT molecular complexity index is 1200. The third-order valence-corrected chi connectivity index (χ3v) is 6.38. The second-order valence-electron chi connectivity index (χ2n) is 8.36. The lowest BCUT2D eigenvalue weighted by Crippen LogP contribution is -2.40. The highest BCUT2D eigenvalue weighted by Crippen LogP contribution is 2.44. The molecular weight excluding hydrogens is 438 g/mol. The third-order valence-electron chi connectivity index (χ3n) is 6.38. The smallest absolute Gasteiger partial charge is 0.414 e. The summed E-state index contributed by atoms with van der Waals surface area (Å²) in [5.41, 5.74) is 4.48. The predicted molar refractivity (Wildman–Crippen MR) is 121 cm³/mol. The van der Waals surface area contributed by atoms with Crippen molar-refractivity contribution in [3.8, 4) is 11.1 Å². The van der Waals surface area contributed by atoms with Crippen molar-refractivity contribution in [3.63, 3.8) is 0 Å². The van der Waals surface area contributed by atoms with E-state index in [4.69, 9.17) is 9.84 Å². The van der Waals surface area contributed by atoms with Crippen LogP contribution in [0, 0.1) is 5.92 Å². The van der Waals surface area contributed by atoms with Crippen LogP contribution in [0.3, 0.4) is 0 Å². The molecule has 3 N–H and O–H groups in total. The first-order chi connectivity index (χ1) is 16.5. The van der Waals surface area contributed by atoms with Gasteiger partial charge in [0.2, 0.25) is 5.82 Å². The van der Waals surface area contributed by atoms with Gasteiger partial charge >= 0.3 is 12.1 Å². The Morgan fingerprint density at radius 1 is 1.03 bits per heavy atom. The number of H-pyrrole nitrogens is 1. The summed E-state index contributed by atoms with van der Waals surface area (Å²) in [4.78, 5) is 41.7. The summed E-state index contributed by atoms with van der Waals surface area (Å²) in [6.07, 6.45) is 0.0577. The number of hydrogen-bond donors (Lipinski definition) is 3. The van der Waals surface area contributed by atoms with Crippen molar-refractivity contribution in [2.75, 3.05) is 25.0 Å². The molecule has 2 amide bonds. The number of carbonyl (C=O) groups is 3. The molecule has 1 fully saturated rings. The minimum Gasteiger partial charge on any atom is -0.481 e. The zero-order valence-electron chi connectivity index (χ0n) is 18.2. The molecule has 10 nitrogen and oxygen atoms in total. The molecule has 0 radical (unpaired) electrons. The summed E-state index contributed by atoms with van der Waals surface area (Å²) in [7, 11) is 0. The topological polar surface area (TPSA) is 138 Å². The first kappa shape index (κ1) is 21.6. The number of piperidine rings is 1. The number of ether oxygens (including phenoxy) is 1. The van der Waals surface area contributed by atoms with Crippen LogP contribution in [-0.4, -0.2) is 62.9 Å². The van der Waals surface area contributed by atoms with Gasteiger partial charge in [-0.15, -0.1) is 5.10 Å². The molecule has 1 saturated heterocycles. The number of anilines is 1. The van der Waals surface area contributed by atoms with E-state index in [2.05, 4.69) is 32.6 Å². The maximum atomic E-state index is 12.6. The SMILES string of the molecule is O=C(Nc1n[nH]c(C(=O)N2CCC(C(=O)O)CC2)n1)OCC1c2ccccc2-c2ccccc21. The van der Waals surface area contributed by atoms with Gasteiger partial charge in [-0.3, -0.25) is 20.0 Å². The van der Waals surface area contributed by atoms with Gasteiger partial charge in [0.05, 0.1) is 5.92 Å². The number of nitrogens with one attached hydrogen (secondary N) is 2. The van der Waals surface area contributed by atoms with Gasteiger partial charge in [-0.25, -0.2) is 4.79 Å². The van der Waals surface area contributed by atoms with Crippen LogP contribution in [0.4, 0.5) is 10.7 Å². The summed E-state index contributed by atoms with van der Waals surface area (Å²) in [6, 6.07) is 16.1. The fourth-order valence-corrected chi connectivity index (χ4v) is 4.62. The first-order valence-corrected chi connectivity index (χ1v) is 11.1. The van der Waals surface area contributed by atoms with Crippen molar-refractivity contribution in [2.24, 2.45) is 5.92 Å². The summed E-state index contributed by atoms with van der Waals surface area (Å²) in [5.74, 6) is -1.84. The number of aromatic nitrogens is 3. The maximum Gasteiger partial charge on any atom is 0.414 e. The summed E-state index contributed by atoms with van der Waals surface area (Å²) in [5, 5.41) is 17.9. The van der Waals surface area contributed by atoms with Crippen molar-refractivity contribution in [1.82, 2.24) is 20.1 Å². The third kappa shape index (κ3) is 4.09. The van der Waals surface area contributed by atoms with E-state index in [0.717, 1.165) is 22.3 Å². The number of aromatic amines is 1. The number of carbonyl (C=O) groups excluding carboxylic acids is 2. The molecule has 34 heavy (non-hydrogen) atoms. The lowest BCUT2D eigenvalue weighted by Gasteiger charge is -2.29. The molecule has 1 aromatic heterocycles. The molecule has 0 atom stereocenters. The monoisotopic (exact) mass is 461 g/mol. The first-order valence-electron chi connectivity index (χ1n) is 11.1. The van der Waals surface area contributed by atoms with E-state index < -0.39 is 23.9 Å². The van der Waals surface area contributed by atoms with E-state index in [0.29, 0.717) is 25.9 Å². The number of hydrogen-bond acceptors (Lipinski definition) is 6. The summed E-state index contributed by atoms with van der Waals surface area (Å²) < 4.78 is 5.47. The quantitative estimate of drug-likeness (QED) is 0.531. The Kier molecular flexibility index (Phi) is 5.70. The molecular formula is C24H23N5O5. The van der Waals surface area contributed by atoms with Gasteiger partial charge in [0.25, 0.3) is 11.9 Å². The molecule has 2 aliphatic rings. The number of nitrogens with zero attached hydrogens (tertiary/aromatic N) is 3. The number of fused-ring (bicyclic) bond motifs is 3. The molecule has 2 heterocycles. The molecule has 0 saturated carbocycles. The average molecular weight is 461 g/mol. The van der Waals surface area contributed by atoms with E-state index in [1.165, 1.54) is 4.90 Å². The molecule has 0 spiro atoms. The van der Waals surface area contributed by atoms with Crippen LogP contribution in [-0.2, 0) is 9.53 Å². The van der Waals surface area contributed by atoms with Crippen molar-refractivity contribution >= 4 is 23.9 Å². The highest BCUT2D eigenvalue weighted by Gasteiger charge is 2.30. The Morgan fingerprint density at radius 2 is 1.65 bits per heavy atom. The fraction of sp³-hybridized carbons (Fsp3) is 0.292. The minimum atomic E-state index is -0.846. The van der Waals surface area contributed by atoms with E-state index in [9.17, 15) is 14.4 Å². The highest BCUT2D eigenvalue weighted by atomic mass is 16.5. The Hall–Kier alpha value is -4.21. The van der Waals surface area contributed by atoms with Gasteiger partial charge < -0.3 is 14.7 Å². The normalized spacial score (nSPS) is 15.5. The summed E-state index contributed by atoms with van der Waals surface area (Å²) >= 11 is 0. The number of benzene rings is 2. The van der Waals surface area contributed by atoms with Gasteiger partial charge in [0.15, 0.2) is 0 Å². The van der Waals surface area contributed by atoms with E-state index in [1.807, 2.05) is 36.4 Å². The number of carboxylic acid groups (broad SMARTS) is 1. The summed E-state index contributed by atoms with van der Waals surface area (Å²) in [6.45, 7) is 0.797. The Balaban J connectivity index is 1.18. The van der Waals surface area contributed by atoms with Crippen LogP contribution in [0.25, 0.3) is 11.1 Å². The zero-order chi connectivity index (χ0) is 23.7. The minimum absolute atomic E-state index is 0.0253. The van der Waals surface area contributed by atoms with Crippen molar-refractivity contribution in [3.05, 3.63) is 65.5 Å². The lowest BCUT2D eigenvalue weighted by atomic mass is 9.97. The number of likely N-dealkylation sites (tertiary alicyclic amines) is 1. The lowest BCUT2D eigenvalue weighted by molar-refractivity contribution is -0.143. The molecule has 2 aromatic carbocycles. The molecule has 0 bridgehead atoms. The molecule has 3 aromatic rings. The molecule has 0 unspecified atom stereocenters. The molecule has 174 valence electrons. The van der Waals surface area contributed by atoms with Crippen LogP contribution < -0.4 is 5.32 Å². The Labute approximate surface area is 195 Å². The van der Waals surface area contributed by atoms with Crippen LogP contribution in [0.2, 0.25) is 0 Å².